The smallest absolute Gasteiger partial charge is 0.130 e. The third-order valence-electron chi connectivity index (χ3n) is 4.89. The van der Waals surface area contributed by atoms with E-state index < -0.39 is 0 Å². The third kappa shape index (κ3) is 6.08. The summed E-state index contributed by atoms with van der Waals surface area (Å²) in [6, 6.07) is 17.0. The number of aryl methyl sites for hydroxylation is 2. The Bertz CT molecular complexity index is 875. The van der Waals surface area contributed by atoms with Gasteiger partial charge in [0.15, 0.2) is 0 Å². The predicted octanol–water partition coefficient (Wildman–Crippen LogP) is 4.57. The van der Waals surface area contributed by atoms with Crippen LogP contribution in [0, 0.1) is 0 Å². The van der Waals surface area contributed by atoms with Gasteiger partial charge in [-0.1, -0.05) is 24.3 Å². The maximum Gasteiger partial charge on any atom is 0.130 e. The maximum atomic E-state index is 11.1. The molecule has 0 fully saturated rings. The molecule has 0 aliphatic rings. The van der Waals surface area contributed by atoms with Crippen molar-refractivity contribution in [2.45, 2.75) is 52.4 Å². The van der Waals surface area contributed by atoms with E-state index in [-0.39, 0.29) is 11.6 Å². The molecule has 0 atom stereocenters. The summed E-state index contributed by atoms with van der Waals surface area (Å²) in [5.41, 5.74) is 7.10. The molecule has 0 amide bonds. The van der Waals surface area contributed by atoms with Crippen LogP contribution in [-0.4, -0.2) is 21.5 Å². The van der Waals surface area contributed by atoms with E-state index in [1.54, 1.807) is 13.8 Å². The first-order chi connectivity index (χ1) is 13.5. The molecule has 2 aromatic heterocycles. The number of aromatic nitrogens is 2. The SMILES string of the molecule is CC(=O)CCc1ccc(Cc2cccc(Cc3ccc(CCC(C)=O)[nH]3)c2)[nH]1. The molecular weight excluding hydrogens is 348 g/mol. The van der Waals surface area contributed by atoms with Crippen LogP contribution in [0.2, 0.25) is 0 Å². The fourth-order valence-electron chi connectivity index (χ4n) is 3.39. The van der Waals surface area contributed by atoms with Gasteiger partial charge in [0.25, 0.3) is 0 Å². The number of hydrogen-bond acceptors (Lipinski definition) is 2. The molecular formula is C24H28N2O2. The largest absolute Gasteiger partial charge is 0.362 e. The van der Waals surface area contributed by atoms with Gasteiger partial charge in [0.05, 0.1) is 0 Å². The minimum Gasteiger partial charge on any atom is -0.362 e. The van der Waals surface area contributed by atoms with Crippen LogP contribution >= 0.6 is 0 Å². The van der Waals surface area contributed by atoms with Crippen molar-refractivity contribution in [3.63, 3.8) is 0 Å². The molecule has 146 valence electrons. The fourth-order valence-corrected chi connectivity index (χ4v) is 3.39. The Balaban J connectivity index is 1.59. The highest BCUT2D eigenvalue weighted by molar-refractivity contribution is 5.76. The third-order valence-corrected chi connectivity index (χ3v) is 4.89. The van der Waals surface area contributed by atoms with E-state index in [9.17, 15) is 9.59 Å². The van der Waals surface area contributed by atoms with Gasteiger partial charge in [-0.05, 0) is 62.1 Å². The van der Waals surface area contributed by atoms with Gasteiger partial charge in [0.1, 0.15) is 11.6 Å². The number of hydrogen-bond donors (Lipinski definition) is 2. The maximum absolute atomic E-state index is 11.1. The molecule has 3 aromatic rings. The van der Waals surface area contributed by atoms with Crippen LogP contribution in [0.4, 0.5) is 0 Å². The van der Waals surface area contributed by atoms with E-state index in [1.807, 2.05) is 0 Å². The van der Waals surface area contributed by atoms with Gasteiger partial charge in [0.2, 0.25) is 0 Å². The van der Waals surface area contributed by atoms with Crippen LogP contribution in [-0.2, 0) is 35.3 Å². The summed E-state index contributed by atoms with van der Waals surface area (Å²) < 4.78 is 0. The molecule has 0 spiro atoms. The van der Waals surface area contributed by atoms with Crippen molar-refractivity contribution in [3.8, 4) is 0 Å². The monoisotopic (exact) mass is 376 g/mol. The Morgan fingerprint density at radius 1 is 0.679 bits per heavy atom. The second-order valence-electron chi connectivity index (χ2n) is 7.60. The lowest BCUT2D eigenvalue weighted by Gasteiger charge is -2.05. The van der Waals surface area contributed by atoms with Crippen LogP contribution in [0.25, 0.3) is 0 Å². The van der Waals surface area contributed by atoms with Gasteiger partial charge < -0.3 is 19.6 Å². The Kier molecular flexibility index (Phi) is 6.64. The van der Waals surface area contributed by atoms with Gasteiger partial charge in [-0.15, -0.1) is 0 Å². The van der Waals surface area contributed by atoms with Crippen molar-refractivity contribution in [1.82, 2.24) is 9.97 Å². The van der Waals surface area contributed by atoms with Crippen molar-refractivity contribution >= 4 is 11.6 Å². The van der Waals surface area contributed by atoms with E-state index in [0.29, 0.717) is 12.8 Å². The Hall–Kier alpha value is -2.88. The number of benzene rings is 1. The Morgan fingerprint density at radius 2 is 1.11 bits per heavy atom. The molecule has 0 unspecified atom stereocenters. The Morgan fingerprint density at radius 3 is 1.54 bits per heavy atom. The second-order valence-corrected chi connectivity index (χ2v) is 7.60. The number of aromatic amines is 2. The van der Waals surface area contributed by atoms with E-state index in [0.717, 1.165) is 37.1 Å². The quantitative estimate of drug-likeness (QED) is 0.544. The zero-order valence-corrected chi connectivity index (χ0v) is 16.7. The van der Waals surface area contributed by atoms with Crippen LogP contribution in [0.5, 0.6) is 0 Å². The van der Waals surface area contributed by atoms with Crippen LogP contribution in [0.1, 0.15) is 60.6 Å². The van der Waals surface area contributed by atoms with Gasteiger partial charge in [-0.3, -0.25) is 0 Å². The summed E-state index contributed by atoms with van der Waals surface area (Å²) >= 11 is 0. The summed E-state index contributed by atoms with van der Waals surface area (Å²) in [4.78, 5) is 29.1. The molecule has 2 N–H and O–H groups in total. The molecule has 0 radical (unpaired) electrons. The predicted molar refractivity (Wildman–Crippen MR) is 112 cm³/mol. The van der Waals surface area contributed by atoms with Crippen molar-refractivity contribution in [2.75, 3.05) is 0 Å². The van der Waals surface area contributed by atoms with Crippen molar-refractivity contribution in [2.24, 2.45) is 0 Å². The van der Waals surface area contributed by atoms with E-state index >= 15 is 0 Å². The summed E-state index contributed by atoms with van der Waals surface area (Å²) in [7, 11) is 0. The van der Waals surface area contributed by atoms with Crippen molar-refractivity contribution in [1.29, 1.82) is 0 Å². The lowest BCUT2D eigenvalue weighted by Crippen LogP contribution is -1.96. The normalized spacial score (nSPS) is 10.9. The molecule has 4 heteroatoms. The topological polar surface area (TPSA) is 65.7 Å². The number of rotatable bonds is 10. The van der Waals surface area contributed by atoms with Gasteiger partial charge in [-0.25, -0.2) is 0 Å². The highest BCUT2D eigenvalue weighted by atomic mass is 16.1. The van der Waals surface area contributed by atoms with E-state index in [2.05, 4.69) is 58.5 Å². The molecule has 0 saturated carbocycles. The summed E-state index contributed by atoms with van der Waals surface area (Å²) in [6.07, 6.45) is 4.41. The summed E-state index contributed by atoms with van der Waals surface area (Å²) in [5, 5.41) is 0. The number of H-pyrrole nitrogens is 2. The van der Waals surface area contributed by atoms with Gasteiger partial charge in [-0.2, -0.15) is 0 Å². The van der Waals surface area contributed by atoms with Gasteiger partial charge in [0, 0.05) is 48.5 Å². The van der Waals surface area contributed by atoms with E-state index in [4.69, 9.17) is 0 Å². The lowest BCUT2D eigenvalue weighted by molar-refractivity contribution is -0.117. The molecule has 3 rings (SSSR count). The minimum absolute atomic E-state index is 0.220. The standard InChI is InChI=1S/C24H28N2O2/c1-17(27)6-8-21-10-12-23(25-21)15-19-4-3-5-20(14-19)16-24-13-11-22(26-24)9-7-18(2)28/h3-5,10-14,25-26H,6-9,15-16H2,1-2H3. The van der Waals surface area contributed by atoms with E-state index in [1.165, 1.54) is 22.5 Å². The first kappa shape index (κ1) is 19.9. The summed E-state index contributed by atoms with van der Waals surface area (Å²) in [5.74, 6) is 0.440. The van der Waals surface area contributed by atoms with Crippen LogP contribution in [0.15, 0.2) is 48.5 Å². The Labute approximate surface area is 166 Å². The zero-order chi connectivity index (χ0) is 19.9. The average Bonchev–Trinajstić information content (AvgIpc) is 3.28. The number of Topliss-reactive ketones (excluding diaryl/α,β-unsaturated/α-hetero) is 2. The minimum atomic E-state index is 0.220. The molecule has 2 heterocycles. The number of nitrogens with one attached hydrogen (secondary N) is 2. The zero-order valence-electron chi connectivity index (χ0n) is 16.7. The highest BCUT2D eigenvalue weighted by Gasteiger charge is 2.05. The number of carbonyl (C=O) groups is 2. The van der Waals surface area contributed by atoms with Crippen LogP contribution in [0.3, 0.4) is 0 Å². The molecule has 0 bridgehead atoms. The molecule has 0 aliphatic heterocycles. The van der Waals surface area contributed by atoms with Crippen molar-refractivity contribution < 1.29 is 9.59 Å². The van der Waals surface area contributed by atoms with Crippen molar-refractivity contribution in [3.05, 3.63) is 82.4 Å². The number of carbonyl (C=O) groups excluding carboxylic acids is 2. The first-order valence-corrected chi connectivity index (χ1v) is 9.88. The highest BCUT2D eigenvalue weighted by Crippen LogP contribution is 2.16. The molecule has 0 aliphatic carbocycles. The van der Waals surface area contributed by atoms with Gasteiger partial charge >= 0.3 is 0 Å². The lowest BCUT2D eigenvalue weighted by atomic mass is 10.0. The first-order valence-electron chi connectivity index (χ1n) is 9.88. The fraction of sp³-hybridized carbons (Fsp3) is 0.333. The summed E-state index contributed by atoms with van der Waals surface area (Å²) in [6.45, 7) is 3.26. The molecule has 28 heavy (non-hydrogen) atoms. The molecule has 4 nitrogen and oxygen atoms in total. The molecule has 1 aromatic carbocycles. The second kappa shape index (κ2) is 9.36. The number of ketones is 2. The molecule has 0 saturated heterocycles. The average molecular weight is 377 g/mol. The van der Waals surface area contributed by atoms with Crippen LogP contribution < -0.4 is 0 Å².